The van der Waals surface area contributed by atoms with E-state index in [2.05, 4.69) is 19.7 Å². The van der Waals surface area contributed by atoms with Crippen LogP contribution < -0.4 is 0 Å². The fraction of sp³-hybridized carbons (Fsp3) is 0.700. The smallest absolute Gasteiger partial charge is 0.161 e. The molecule has 192 valence electrons. The van der Waals surface area contributed by atoms with Crippen molar-refractivity contribution in [1.82, 2.24) is 0 Å². The summed E-state index contributed by atoms with van der Waals surface area (Å²) in [6.07, 6.45) is 17.8. The summed E-state index contributed by atoms with van der Waals surface area (Å²) in [7, 11) is 0. The van der Waals surface area contributed by atoms with E-state index in [4.69, 9.17) is 0 Å². The second-order valence-electron chi connectivity index (χ2n) is 10.4. The molecule has 0 radical (unpaired) electrons. The van der Waals surface area contributed by atoms with E-state index in [1.54, 1.807) is 0 Å². The molecule has 0 saturated heterocycles. The van der Waals surface area contributed by atoms with Gasteiger partial charge in [-0.15, -0.1) is 0 Å². The first kappa shape index (κ1) is 32.9. The molecule has 0 aromatic rings. The first-order valence-corrected chi connectivity index (χ1v) is 13.2. The van der Waals surface area contributed by atoms with Crippen LogP contribution in [-0.4, -0.2) is 17.3 Å². The average Bonchev–Trinajstić information content (AvgIpc) is 2.84. The van der Waals surface area contributed by atoms with Crippen molar-refractivity contribution >= 4 is 17.3 Å². The molecule has 0 aromatic heterocycles. The van der Waals surface area contributed by atoms with Crippen LogP contribution >= 0.6 is 0 Å². The third kappa shape index (κ3) is 12.6. The fourth-order valence-corrected chi connectivity index (χ4v) is 5.14. The monoisotopic (exact) mass is 640 g/mol. The normalized spacial score (nSPS) is 19.1. The molecule has 0 unspecified atom stereocenters. The first-order chi connectivity index (χ1) is 15.6. The summed E-state index contributed by atoms with van der Waals surface area (Å²) >= 11 is 0. The largest absolute Gasteiger partial charge is 0.294 e. The van der Waals surface area contributed by atoms with E-state index in [1.165, 1.54) is 57.8 Å². The maximum atomic E-state index is 11.4. The zero-order valence-corrected chi connectivity index (χ0v) is 25.0. The Bertz CT molecular complexity index is 593. The van der Waals surface area contributed by atoms with E-state index in [9.17, 15) is 14.4 Å². The van der Waals surface area contributed by atoms with Crippen molar-refractivity contribution in [3.63, 3.8) is 0 Å². The van der Waals surface area contributed by atoms with Crippen molar-refractivity contribution in [2.75, 3.05) is 0 Å². The van der Waals surface area contributed by atoms with Crippen LogP contribution in [0.1, 0.15) is 117 Å². The van der Waals surface area contributed by atoms with Gasteiger partial charge < -0.3 is 0 Å². The van der Waals surface area contributed by atoms with Gasteiger partial charge in [-0.05, 0) is 76.0 Å². The average molecular weight is 641 g/mol. The first-order valence-electron chi connectivity index (χ1n) is 13.2. The van der Waals surface area contributed by atoms with E-state index in [0.29, 0.717) is 35.1 Å². The van der Waals surface area contributed by atoms with Gasteiger partial charge in [-0.2, -0.15) is 0 Å². The van der Waals surface area contributed by atoms with Gasteiger partial charge in [-0.1, -0.05) is 77.5 Å². The molecule has 3 aliphatic rings. The zero-order chi connectivity index (χ0) is 24.8. The number of carbonyl (C=O) groups is 3. The van der Waals surface area contributed by atoms with Crippen molar-refractivity contribution in [1.29, 1.82) is 0 Å². The topological polar surface area (TPSA) is 51.2 Å². The quantitative estimate of drug-likeness (QED) is 0.276. The van der Waals surface area contributed by atoms with Crippen LogP contribution in [0.4, 0.5) is 0 Å². The molecule has 3 saturated carbocycles. The number of allylic oxidation sites excluding steroid dienone is 3. The zero-order valence-electron chi connectivity index (χ0n) is 22.1. The number of rotatable bonds is 6. The van der Waals surface area contributed by atoms with Gasteiger partial charge >= 0.3 is 0 Å². The summed E-state index contributed by atoms with van der Waals surface area (Å²) < 4.78 is 0. The Balaban J connectivity index is 0.000000473. The SMILES string of the molecule is C=C(C)C(=O)C1CCCCC1.C=C(C)C(=O)C1CCCCC1.C=C(C)C(=O)C1CCCCC1.[W]. The van der Waals surface area contributed by atoms with Crippen molar-refractivity contribution in [2.45, 2.75) is 117 Å². The molecule has 34 heavy (non-hydrogen) atoms. The van der Waals surface area contributed by atoms with Crippen LogP contribution in [0.2, 0.25) is 0 Å². The molecule has 3 fully saturated rings. The van der Waals surface area contributed by atoms with E-state index < -0.39 is 0 Å². The predicted molar refractivity (Wildman–Crippen MR) is 139 cm³/mol. The maximum Gasteiger partial charge on any atom is 0.161 e. The van der Waals surface area contributed by atoms with Crippen LogP contribution in [0.15, 0.2) is 36.5 Å². The van der Waals surface area contributed by atoms with Crippen LogP contribution in [0.5, 0.6) is 0 Å². The van der Waals surface area contributed by atoms with E-state index >= 15 is 0 Å². The van der Waals surface area contributed by atoms with Crippen molar-refractivity contribution in [3.8, 4) is 0 Å². The maximum absolute atomic E-state index is 11.4. The van der Waals surface area contributed by atoms with Gasteiger partial charge in [-0.25, -0.2) is 0 Å². The Morgan fingerprint density at radius 1 is 0.441 bits per heavy atom. The summed E-state index contributed by atoms with van der Waals surface area (Å²) in [5.74, 6) is 1.81. The van der Waals surface area contributed by atoms with Crippen LogP contribution in [-0.2, 0) is 35.4 Å². The van der Waals surface area contributed by atoms with Gasteiger partial charge in [0.25, 0.3) is 0 Å². The molecule has 0 bridgehead atoms. The Hall–Kier alpha value is -1.08. The number of hydrogen-bond donors (Lipinski definition) is 0. The second-order valence-corrected chi connectivity index (χ2v) is 10.4. The standard InChI is InChI=1S/3C10H16O.W/c3*1-8(2)10(11)9-6-4-3-5-7-9;/h3*9H,1,3-7H2,2H3;. The van der Waals surface area contributed by atoms with Gasteiger partial charge in [0.15, 0.2) is 17.3 Å². The van der Waals surface area contributed by atoms with Gasteiger partial charge in [0.1, 0.15) is 0 Å². The number of carbonyl (C=O) groups excluding carboxylic acids is 3. The third-order valence-corrected chi connectivity index (χ3v) is 7.19. The van der Waals surface area contributed by atoms with Crippen LogP contribution in [0.3, 0.4) is 0 Å². The molecule has 4 heteroatoms. The number of Topliss-reactive ketones (excluding diaryl/α,β-unsaturated/α-hetero) is 3. The predicted octanol–water partition coefficient (Wildman–Crippen LogP) is 8.13. The molecular formula is C30H48O3W. The van der Waals surface area contributed by atoms with Crippen molar-refractivity contribution < 1.29 is 35.4 Å². The molecule has 0 spiro atoms. The van der Waals surface area contributed by atoms with Crippen molar-refractivity contribution in [3.05, 3.63) is 36.5 Å². The summed E-state index contributed by atoms with van der Waals surface area (Å²) in [4.78, 5) is 34.2. The molecule has 0 amide bonds. The third-order valence-electron chi connectivity index (χ3n) is 7.19. The number of hydrogen-bond acceptors (Lipinski definition) is 3. The second kappa shape index (κ2) is 18.2. The summed E-state index contributed by atoms with van der Waals surface area (Å²) in [5.41, 5.74) is 2.20. The Morgan fingerprint density at radius 3 is 0.765 bits per heavy atom. The van der Waals surface area contributed by atoms with Crippen molar-refractivity contribution in [2.24, 2.45) is 17.8 Å². The number of ketones is 3. The Labute approximate surface area is 223 Å². The van der Waals surface area contributed by atoms with Crippen LogP contribution in [0.25, 0.3) is 0 Å². The molecule has 0 aliphatic heterocycles. The van der Waals surface area contributed by atoms with Gasteiger partial charge in [0.2, 0.25) is 0 Å². The molecule has 3 aliphatic carbocycles. The molecule has 0 aromatic carbocycles. The van der Waals surface area contributed by atoms with E-state index in [-0.39, 0.29) is 21.1 Å². The Morgan fingerprint density at radius 2 is 0.618 bits per heavy atom. The minimum Gasteiger partial charge on any atom is -0.294 e. The minimum atomic E-state index is 0. The van der Waals surface area contributed by atoms with E-state index in [0.717, 1.165) is 55.2 Å². The fourth-order valence-electron chi connectivity index (χ4n) is 5.14. The molecule has 0 N–H and O–H groups in total. The Kier molecular flexibility index (Phi) is 17.6. The summed E-state index contributed by atoms with van der Waals surface area (Å²) in [6, 6.07) is 0. The van der Waals surface area contributed by atoms with Crippen LogP contribution in [0, 0.1) is 17.8 Å². The summed E-state index contributed by atoms with van der Waals surface area (Å²) in [5, 5.41) is 0. The minimum absolute atomic E-state index is 0. The van der Waals surface area contributed by atoms with Gasteiger partial charge in [-0.3, -0.25) is 14.4 Å². The van der Waals surface area contributed by atoms with Gasteiger partial charge in [0.05, 0.1) is 0 Å². The molecule has 0 atom stereocenters. The molecule has 3 rings (SSSR count). The van der Waals surface area contributed by atoms with E-state index in [1.807, 2.05) is 20.8 Å². The molecule has 0 heterocycles. The molecule has 3 nitrogen and oxygen atoms in total. The summed E-state index contributed by atoms with van der Waals surface area (Å²) in [6.45, 7) is 16.5. The van der Waals surface area contributed by atoms with Gasteiger partial charge in [0, 0.05) is 38.8 Å². The molecular weight excluding hydrogens is 592 g/mol.